The van der Waals surface area contributed by atoms with E-state index in [0.29, 0.717) is 0 Å². The topological polar surface area (TPSA) is 9.23 Å². The van der Waals surface area contributed by atoms with Crippen LogP contribution in [0.3, 0.4) is 0 Å². The third-order valence-electron chi connectivity index (χ3n) is 1.66. The maximum Gasteiger partial charge on any atom is 0.462 e. The predicted octanol–water partition coefficient (Wildman–Crippen LogP) is 4.97. The SMILES string of the molecule is FC(F)(F)C(F)(/C=C/I)OC(F)(F)C(F)(F)C(F)(F)F. The number of hydrogen-bond acceptors (Lipinski definition) is 1. The van der Waals surface area contributed by atoms with E-state index in [0.717, 1.165) is 22.6 Å². The zero-order valence-corrected chi connectivity index (χ0v) is 10.8. The molecule has 0 rings (SSSR count). The van der Waals surface area contributed by atoms with Crippen molar-refractivity contribution in [3.63, 3.8) is 0 Å². The lowest BCUT2D eigenvalue weighted by Gasteiger charge is -2.33. The highest BCUT2D eigenvalue weighted by molar-refractivity contribution is 14.1. The van der Waals surface area contributed by atoms with Crippen LogP contribution in [0.4, 0.5) is 48.3 Å². The molecule has 0 amide bonds. The zero-order chi connectivity index (χ0) is 16.6. The van der Waals surface area contributed by atoms with Crippen LogP contribution in [0.5, 0.6) is 0 Å². The summed E-state index contributed by atoms with van der Waals surface area (Å²) in [6.07, 6.45) is -20.8. The summed E-state index contributed by atoms with van der Waals surface area (Å²) < 4.78 is 136. The van der Waals surface area contributed by atoms with Crippen LogP contribution >= 0.6 is 22.6 Å². The predicted molar refractivity (Wildman–Crippen MR) is 50.1 cm³/mol. The highest BCUT2D eigenvalue weighted by Crippen LogP contribution is 2.51. The van der Waals surface area contributed by atoms with Gasteiger partial charge in [-0.05, 0) is 10.2 Å². The van der Waals surface area contributed by atoms with Gasteiger partial charge in [-0.3, -0.25) is 4.74 Å². The molecule has 0 spiro atoms. The van der Waals surface area contributed by atoms with E-state index in [2.05, 4.69) is 4.74 Å². The first kappa shape index (κ1) is 19.7. The average Bonchev–Trinajstić information content (AvgIpc) is 2.12. The molecule has 0 bridgehead atoms. The normalized spacial score (nSPS) is 18.4. The maximum atomic E-state index is 13.1. The van der Waals surface area contributed by atoms with Crippen molar-refractivity contribution in [2.24, 2.45) is 0 Å². The summed E-state index contributed by atoms with van der Waals surface area (Å²) in [5.74, 6) is -12.5. The van der Waals surface area contributed by atoms with Gasteiger partial charge in [0, 0.05) is 0 Å². The number of alkyl halides is 11. The Hall–Kier alpha value is -0.340. The van der Waals surface area contributed by atoms with Gasteiger partial charge in [-0.25, -0.2) is 0 Å². The summed E-state index contributed by atoms with van der Waals surface area (Å²) in [7, 11) is 0. The van der Waals surface area contributed by atoms with Crippen LogP contribution in [0.1, 0.15) is 0 Å². The van der Waals surface area contributed by atoms with Crippen LogP contribution in [-0.4, -0.2) is 30.2 Å². The fourth-order valence-electron chi connectivity index (χ4n) is 0.683. The quantitative estimate of drug-likeness (QED) is 0.445. The maximum absolute atomic E-state index is 13.1. The van der Waals surface area contributed by atoms with Gasteiger partial charge in [-0.15, -0.1) is 0 Å². The van der Waals surface area contributed by atoms with E-state index in [9.17, 15) is 48.3 Å². The summed E-state index contributed by atoms with van der Waals surface area (Å²) in [5, 5.41) is 0. The smallest absolute Gasteiger partial charge is 0.266 e. The Morgan fingerprint density at radius 1 is 0.700 bits per heavy atom. The van der Waals surface area contributed by atoms with Crippen molar-refractivity contribution in [2.45, 2.75) is 30.2 Å². The molecule has 0 aromatic rings. The molecule has 0 heterocycles. The third kappa shape index (κ3) is 3.65. The second-order valence-electron chi connectivity index (χ2n) is 3.13. The van der Waals surface area contributed by atoms with Crippen molar-refractivity contribution in [2.75, 3.05) is 0 Å². The molecule has 0 radical (unpaired) electrons. The van der Waals surface area contributed by atoms with Crippen molar-refractivity contribution < 1.29 is 53.0 Å². The van der Waals surface area contributed by atoms with Crippen LogP contribution in [0.15, 0.2) is 10.2 Å². The van der Waals surface area contributed by atoms with Crippen LogP contribution in [0.25, 0.3) is 0 Å². The molecule has 1 nitrogen and oxygen atoms in total. The second-order valence-corrected chi connectivity index (χ2v) is 3.85. The monoisotopic (exact) mass is 438 g/mol. The van der Waals surface area contributed by atoms with E-state index in [-0.39, 0.29) is 4.08 Å². The van der Waals surface area contributed by atoms with Crippen molar-refractivity contribution in [1.29, 1.82) is 0 Å². The molecule has 1 atom stereocenters. The molecule has 0 aliphatic carbocycles. The van der Waals surface area contributed by atoms with Crippen LogP contribution in [-0.2, 0) is 4.74 Å². The summed E-state index contributed by atoms with van der Waals surface area (Å²) in [4.78, 5) is 0. The van der Waals surface area contributed by atoms with Gasteiger partial charge in [0.15, 0.2) is 0 Å². The Morgan fingerprint density at radius 2 is 1.10 bits per heavy atom. The molecule has 0 saturated heterocycles. The Bertz CT molecular complexity index is 370. The Balaban J connectivity index is 5.66. The van der Waals surface area contributed by atoms with E-state index in [1.54, 1.807) is 0 Å². The number of hydrogen-bond donors (Lipinski definition) is 0. The molecule has 1 unspecified atom stereocenters. The van der Waals surface area contributed by atoms with Crippen LogP contribution in [0.2, 0.25) is 0 Å². The van der Waals surface area contributed by atoms with Crippen LogP contribution < -0.4 is 0 Å². The van der Waals surface area contributed by atoms with Crippen molar-refractivity contribution in [3.05, 3.63) is 10.2 Å². The summed E-state index contributed by atoms with van der Waals surface area (Å²) in [6.45, 7) is 0. The van der Waals surface area contributed by atoms with Gasteiger partial charge in [-0.1, -0.05) is 22.6 Å². The summed E-state index contributed by atoms with van der Waals surface area (Å²) in [5.41, 5.74) is 0. The molecule has 0 N–H and O–H groups in total. The number of halogens is 12. The minimum Gasteiger partial charge on any atom is -0.266 e. The Labute approximate surface area is 116 Å². The van der Waals surface area contributed by atoms with Gasteiger partial charge in [-0.2, -0.15) is 48.3 Å². The van der Waals surface area contributed by atoms with E-state index >= 15 is 0 Å². The highest BCUT2D eigenvalue weighted by Gasteiger charge is 2.77. The zero-order valence-electron chi connectivity index (χ0n) is 8.60. The molecular weight excluding hydrogens is 436 g/mol. The van der Waals surface area contributed by atoms with Gasteiger partial charge >= 0.3 is 30.2 Å². The van der Waals surface area contributed by atoms with Crippen molar-refractivity contribution in [3.8, 4) is 0 Å². The standard InChI is InChI=1S/C7H2F11IO/c8-3(1-2-19,5(11,12)13)20-7(17,18)4(9,10)6(14,15)16/h1-2H/b2-1+. The van der Waals surface area contributed by atoms with Crippen LogP contribution in [0, 0.1) is 0 Å². The second kappa shape index (κ2) is 5.46. The lowest BCUT2D eigenvalue weighted by Crippen LogP contribution is -2.58. The molecule has 0 aliphatic heterocycles. The molecule has 20 heavy (non-hydrogen) atoms. The fourth-order valence-corrected chi connectivity index (χ4v) is 1.15. The Kier molecular flexibility index (Phi) is 5.36. The molecular formula is C7H2F11IO. The van der Waals surface area contributed by atoms with E-state index in [1.807, 2.05) is 0 Å². The Morgan fingerprint density at radius 3 is 1.35 bits per heavy atom. The lowest BCUT2D eigenvalue weighted by molar-refractivity contribution is -0.473. The fraction of sp³-hybridized carbons (Fsp3) is 0.714. The molecule has 13 heteroatoms. The molecule has 120 valence electrons. The van der Waals surface area contributed by atoms with Gasteiger partial charge in [0.1, 0.15) is 0 Å². The minimum absolute atomic E-state index is 0.118. The van der Waals surface area contributed by atoms with E-state index < -0.39 is 36.3 Å². The van der Waals surface area contributed by atoms with Crippen molar-refractivity contribution >= 4 is 22.6 Å². The largest absolute Gasteiger partial charge is 0.462 e. The first-order valence-electron chi connectivity index (χ1n) is 4.08. The van der Waals surface area contributed by atoms with Crippen molar-refractivity contribution in [1.82, 2.24) is 0 Å². The summed E-state index contributed by atoms with van der Waals surface area (Å²) in [6, 6.07) is 0. The molecule has 0 saturated carbocycles. The molecule has 0 aliphatic rings. The molecule has 0 aromatic carbocycles. The third-order valence-corrected chi connectivity index (χ3v) is 2.02. The van der Waals surface area contributed by atoms with E-state index in [1.165, 1.54) is 0 Å². The van der Waals surface area contributed by atoms with Gasteiger partial charge in [0.2, 0.25) is 0 Å². The van der Waals surface area contributed by atoms with Gasteiger partial charge < -0.3 is 0 Å². The summed E-state index contributed by atoms with van der Waals surface area (Å²) >= 11 is 0.886. The number of rotatable bonds is 4. The van der Waals surface area contributed by atoms with Gasteiger partial charge in [0.25, 0.3) is 0 Å². The first-order valence-corrected chi connectivity index (χ1v) is 5.32. The molecule has 0 aromatic heterocycles. The average molecular weight is 438 g/mol. The highest BCUT2D eigenvalue weighted by atomic mass is 127. The van der Waals surface area contributed by atoms with Gasteiger partial charge in [0.05, 0.1) is 0 Å². The first-order chi connectivity index (χ1) is 8.52. The lowest BCUT2D eigenvalue weighted by atomic mass is 10.2. The minimum atomic E-state index is -7.03. The number of ether oxygens (including phenoxy) is 1. The molecule has 0 fully saturated rings. The van der Waals surface area contributed by atoms with E-state index in [4.69, 9.17) is 0 Å².